The summed E-state index contributed by atoms with van der Waals surface area (Å²) in [6, 6.07) is 213. The number of hydrogen-bond acceptors (Lipinski definition) is 6. The molecule has 3 heterocycles. The van der Waals surface area contributed by atoms with Crippen molar-refractivity contribution in [1.29, 1.82) is 0 Å². The Bertz CT molecular complexity index is 9130. The summed E-state index contributed by atoms with van der Waals surface area (Å²) in [5.41, 5.74) is 43.3. The summed E-state index contributed by atoms with van der Waals surface area (Å²) in [6.45, 7) is 0. The molecule has 0 radical (unpaired) electrons. The van der Waals surface area contributed by atoms with Crippen LogP contribution < -0.4 is 14.7 Å². The van der Waals surface area contributed by atoms with E-state index in [0.29, 0.717) is 0 Å². The van der Waals surface area contributed by atoms with Crippen molar-refractivity contribution in [3.8, 4) is 134 Å². The molecule has 6 nitrogen and oxygen atoms in total. The van der Waals surface area contributed by atoms with Crippen molar-refractivity contribution in [1.82, 2.24) is 0 Å². The highest BCUT2D eigenvalue weighted by Gasteiger charge is 2.24. The van der Waals surface area contributed by atoms with Gasteiger partial charge in [-0.25, -0.2) is 0 Å². The molecule has 0 spiro atoms. The summed E-state index contributed by atoms with van der Waals surface area (Å²) in [6.07, 6.45) is 0. The second-order valence-electron chi connectivity index (χ2n) is 37.7. The lowest BCUT2D eigenvalue weighted by Crippen LogP contribution is -2.10. The zero-order valence-electron chi connectivity index (χ0n) is 82.2. The van der Waals surface area contributed by atoms with E-state index in [4.69, 9.17) is 13.3 Å². The zero-order valence-corrected chi connectivity index (χ0v) is 82.2. The molecule has 0 saturated heterocycles. The van der Waals surface area contributed by atoms with Gasteiger partial charge >= 0.3 is 0 Å². The maximum Gasteiger partial charge on any atom is 0.137 e. The van der Waals surface area contributed by atoms with Crippen molar-refractivity contribution in [2.45, 2.75) is 0 Å². The van der Waals surface area contributed by atoms with Crippen molar-refractivity contribution in [3.63, 3.8) is 0 Å². The summed E-state index contributed by atoms with van der Waals surface area (Å²) in [5.74, 6) is 0. The van der Waals surface area contributed by atoms with Crippen LogP contribution in [0, 0.1) is 0 Å². The third kappa shape index (κ3) is 19.0. The molecule has 3 aromatic heterocycles. The molecule has 24 aromatic carbocycles. The van der Waals surface area contributed by atoms with E-state index in [-0.39, 0.29) is 0 Å². The predicted molar refractivity (Wildman–Crippen MR) is 630 cm³/mol. The number of rotatable bonds is 21. The van der Waals surface area contributed by atoms with E-state index in [1.807, 2.05) is 36.4 Å². The van der Waals surface area contributed by atoms with Crippen LogP contribution in [-0.2, 0) is 0 Å². The minimum Gasteiger partial charge on any atom is -0.456 e. The first kappa shape index (κ1) is 91.3. The monoisotopic (exact) mass is 1920 g/mol. The average molecular weight is 1920 g/mol. The van der Waals surface area contributed by atoms with Crippen molar-refractivity contribution in [3.05, 3.63) is 601 Å². The number of para-hydroxylation sites is 3. The van der Waals surface area contributed by atoms with E-state index in [2.05, 4.69) is 579 Å². The normalized spacial score (nSPS) is 11.2. The predicted octanol–water partition coefficient (Wildman–Crippen LogP) is 41.2. The lowest BCUT2D eigenvalue weighted by molar-refractivity contribution is 0.668. The summed E-state index contributed by atoms with van der Waals surface area (Å²) in [4.78, 5) is 7.01. The van der Waals surface area contributed by atoms with Crippen molar-refractivity contribution in [2.24, 2.45) is 0 Å². The first-order valence-corrected chi connectivity index (χ1v) is 51.0. The third-order valence-corrected chi connectivity index (χ3v) is 28.4. The summed E-state index contributed by atoms with van der Waals surface area (Å²) in [7, 11) is 0. The Morgan fingerprint density at radius 2 is 0.260 bits per heavy atom. The van der Waals surface area contributed by atoms with E-state index in [1.54, 1.807) is 0 Å². The molecule has 0 bridgehead atoms. The molecule has 150 heavy (non-hydrogen) atoms. The van der Waals surface area contributed by atoms with Gasteiger partial charge in [-0.1, -0.05) is 443 Å². The van der Waals surface area contributed by atoms with Gasteiger partial charge in [0.1, 0.15) is 33.5 Å². The van der Waals surface area contributed by atoms with E-state index < -0.39 is 0 Å². The fourth-order valence-electron chi connectivity index (χ4n) is 21.0. The summed E-state index contributed by atoms with van der Waals surface area (Å²) in [5, 5.41) is 6.72. The lowest BCUT2D eigenvalue weighted by atomic mass is 9.93. The number of fused-ring (bicyclic) bond motifs is 9. The molecular weight excluding hydrogens is 1820 g/mol. The van der Waals surface area contributed by atoms with Gasteiger partial charge in [0.05, 0.1) is 0 Å². The topological polar surface area (TPSA) is 49.1 Å². The number of benzene rings is 24. The van der Waals surface area contributed by atoms with Crippen LogP contribution in [0.2, 0.25) is 0 Å². The van der Waals surface area contributed by atoms with Crippen LogP contribution in [0.3, 0.4) is 0 Å². The van der Waals surface area contributed by atoms with Crippen LogP contribution in [0.5, 0.6) is 0 Å². The largest absolute Gasteiger partial charge is 0.456 e. The second-order valence-corrected chi connectivity index (χ2v) is 37.7. The van der Waals surface area contributed by atoms with E-state index in [1.165, 1.54) is 100 Å². The Morgan fingerprint density at radius 1 is 0.0933 bits per heavy atom. The lowest BCUT2D eigenvalue weighted by Gasteiger charge is -2.27. The Labute approximate surface area is 872 Å². The quantitative estimate of drug-likeness (QED) is 0.0715. The van der Waals surface area contributed by atoms with E-state index in [9.17, 15) is 0 Å². The summed E-state index contributed by atoms with van der Waals surface area (Å²) < 4.78 is 19.2. The Morgan fingerprint density at radius 3 is 0.540 bits per heavy atom. The van der Waals surface area contributed by atoms with Gasteiger partial charge in [0.15, 0.2) is 0 Å². The Kier molecular flexibility index (Phi) is 25.2. The first-order valence-electron chi connectivity index (χ1n) is 51.0. The smallest absolute Gasteiger partial charge is 0.137 e. The molecule has 6 heteroatoms. The minimum atomic E-state index is 0.866. The third-order valence-electron chi connectivity index (χ3n) is 28.4. The summed E-state index contributed by atoms with van der Waals surface area (Å²) >= 11 is 0. The highest BCUT2D eigenvalue weighted by Crippen LogP contribution is 2.49. The van der Waals surface area contributed by atoms with Crippen molar-refractivity contribution < 1.29 is 13.3 Å². The minimum absolute atomic E-state index is 0.866. The van der Waals surface area contributed by atoms with Gasteiger partial charge in [-0.2, -0.15) is 0 Å². The van der Waals surface area contributed by atoms with Crippen molar-refractivity contribution >= 4 is 117 Å². The van der Waals surface area contributed by atoms with Gasteiger partial charge in [0.2, 0.25) is 0 Å². The van der Waals surface area contributed by atoms with Gasteiger partial charge in [-0.05, 0) is 273 Å². The molecule has 0 unspecified atom stereocenters. The Balaban J connectivity index is 0.000000116. The molecule has 708 valence electrons. The van der Waals surface area contributed by atoms with E-state index in [0.717, 1.165) is 150 Å². The van der Waals surface area contributed by atoms with Gasteiger partial charge < -0.3 is 28.0 Å². The molecule has 0 atom stereocenters. The van der Waals surface area contributed by atoms with Crippen LogP contribution in [0.4, 0.5) is 51.2 Å². The number of hydrogen-bond donors (Lipinski definition) is 0. The zero-order chi connectivity index (χ0) is 99.8. The molecule has 0 aliphatic heterocycles. The molecule has 27 aromatic rings. The molecule has 0 saturated carbocycles. The van der Waals surface area contributed by atoms with Gasteiger partial charge in [0, 0.05) is 102 Å². The fourth-order valence-corrected chi connectivity index (χ4v) is 21.0. The van der Waals surface area contributed by atoms with Crippen LogP contribution in [0.1, 0.15) is 0 Å². The highest BCUT2D eigenvalue weighted by molar-refractivity contribution is 6.09. The van der Waals surface area contributed by atoms with Gasteiger partial charge in [-0.15, -0.1) is 0 Å². The van der Waals surface area contributed by atoms with Gasteiger partial charge in [-0.3, -0.25) is 0 Å². The van der Waals surface area contributed by atoms with Crippen molar-refractivity contribution in [2.75, 3.05) is 14.7 Å². The maximum absolute atomic E-state index is 6.40. The van der Waals surface area contributed by atoms with Crippen LogP contribution in [0.25, 0.3) is 199 Å². The second kappa shape index (κ2) is 41.4. The SMILES string of the molecule is c1ccc(-c2ccc(-c3cccc(N(c4cccc(-c5ccc(-c6ccccc6)cc5)c4)c4ccc5c(c4)oc4ccccc45)c3)cc2)cc1.c1ccc(-c2cccc(-c3cccc(N(c4cccc(-c5cccc(-c6ccccc6)c5)c4)c4ccc5c(c4)oc4ccccc45)c3)c2)cc1.c1ccc(-c2ccccc2-c2cccc(N(c3cccc(-c4ccccc4-c4ccccc4)c3)c3ccc4c(c3)oc3ccccc34)c2)cc1. The van der Waals surface area contributed by atoms with Crippen LogP contribution in [-0.4, -0.2) is 0 Å². The Hall–Kier alpha value is -19.9. The molecule has 0 amide bonds. The standard InChI is InChI=1S/3C48H33NO/c1-3-15-34(16-4-1)41-23-7-9-25-43(41)36-19-13-21-38(31-36)49(40-29-30-46-45-27-11-12-28-47(45)50-48(46)33-40)39-22-14-20-37(32-39)44-26-10-8-24-42(44)35-17-5-2-6-18-35;1-3-13-34(14-4-1)36-17-9-19-38(29-36)40-21-11-23-42(31-40)49(44-27-28-46-45-25-7-8-26-47(45)50-48(46)33-44)43-24-12-22-41(32-43)39-20-10-18-37(30-39)35-15-5-2-6-16-35;1-3-11-34(12-4-1)36-21-25-38(26-22-36)40-15-9-17-42(31-40)49(44-29-30-46-45-19-7-8-20-47(45)50-48(46)33-44)43-18-10-16-41(32-43)39-27-23-37(24-28-39)35-13-5-2-6-14-35/h3*1-33H. The average Bonchev–Trinajstić information content (AvgIpc) is 1.53. The van der Waals surface area contributed by atoms with Gasteiger partial charge in [0.25, 0.3) is 0 Å². The molecule has 0 aliphatic rings. The molecule has 0 fully saturated rings. The highest BCUT2D eigenvalue weighted by atomic mass is 16.3. The molecule has 27 rings (SSSR count). The molecule has 0 N–H and O–H groups in total. The maximum atomic E-state index is 6.40. The van der Waals surface area contributed by atoms with Crippen LogP contribution >= 0.6 is 0 Å². The number of anilines is 9. The number of furan rings is 3. The molecule has 0 aliphatic carbocycles. The van der Waals surface area contributed by atoms with Crippen LogP contribution in [0.15, 0.2) is 614 Å². The molecular formula is C144H99N3O3. The van der Waals surface area contributed by atoms with E-state index >= 15 is 0 Å². The number of nitrogens with zero attached hydrogens (tertiary/aromatic N) is 3. The first-order chi connectivity index (χ1) is 74.3. The fraction of sp³-hybridized carbons (Fsp3) is 0.